The van der Waals surface area contributed by atoms with Crippen molar-refractivity contribution >= 4 is 12.9 Å². The molecule has 2 aromatic rings. The molecule has 0 saturated heterocycles. The van der Waals surface area contributed by atoms with E-state index in [2.05, 4.69) is 9.97 Å². The van der Waals surface area contributed by atoms with Crippen molar-refractivity contribution in [3.05, 3.63) is 47.9 Å². The fraction of sp³-hybridized carbons (Fsp3) is 0.333. The molecular formula is C18H23N2O5P. The monoisotopic (exact) mass is 378 g/mol. The van der Waals surface area contributed by atoms with Gasteiger partial charge in [0.05, 0.1) is 25.2 Å². The van der Waals surface area contributed by atoms with E-state index >= 15 is 0 Å². The lowest BCUT2D eigenvalue weighted by molar-refractivity contribution is 0.287. The Balaban J connectivity index is 2.57. The third-order valence-electron chi connectivity index (χ3n) is 3.53. The number of ether oxygens (including phenoxy) is 1. The molecule has 0 amide bonds. The molecule has 1 aromatic carbocycles. The first-order valence-electron chi connectivity index (χ1n) is 8.24. The van der Waals surface area contributed by atoms with Gasteiger partial charge in [0.2, 0.25) is 5.88 Å². The van der Waals surface area contributed by atoms with E-state index in [1.54, 1.807) is 32.1 Å². The van der Waals surface area contributed by atoms with Crippen LogP contribution in [0.3, 0.4) is 0 Å². The molecule has 2 rings (SSSR count). The lowest BCUT2D eigenvalue weighted by Crippen LogP contribution is -2.03. The summed E-state index contributed by atoms with van der Waals surface area (Å²) in [6.07, 6.45) is 6.70. The molecule has 0 aliphatic carbocycles. The number of benzene rings is 1. The summed E-state index contributed by atoms with van der Waals surface area (Å²) < 4.78 is 30.0. The zero-order valence-electron chi connectivity index (χ0n) is 15.3. The molecule has 26 heavy (non-hydrogen) atoms. The average Bonchev–Trinajstić information content (AvgIpc) is 2.63. The third-order valence-corrected chi connectivity index (χ3v) is 5.58. The summed E-state index contributed by atoms with van der Waals surface area (Å²) >= 11 is 0. The normalized spacial score (nSPS) is 13.9. The van der Waals surface area contributed by atoms with Crippen molar-refractivity contribution in [2.45, 2.75) is 27.2 Å². The number of phenolic OH excluding ortho intramolecular Hbond substituents is 1. The number of hydrogen-bond donors (Lipinski definition) is 1. The molecule has 7 nitrogen and oxygen atoms in total. The third kappa shape index (κ3) is 4.42. The predicted molar refractivity (Wildman–Crippen MR) is 99.6 cm³/mol. The SMILES string of the molecule is CC/C=C(/c1cc(C)c(O)c(OC)c1)P(=O)(OCC)Oc1cnccn1. The quantitative estimate of drug-likeness (QED) is 0.673. The van der Waals surface area contributed by atoms with Crippen molar-refractivity contribution in [3.8, 4) is 17.4 Å². The average molecular weight is 378 g/mol. The largest absolute Gasteiger partial charge is 0.504 e. The molecular weight excluding hydrogens is 355 g/mol. The van der Waals surface area contributed by atoms with Crippen LogP contribution in [0.4, 0.5) is 0 Å². The van der Waals surface area contributed by atoms with Gasteiger partial charge in [0.25, 0.3) is 0 Å². The maximum Gasteiger partial charge on any atom is 0.412 e. The van der Waals surface area contributed by atoms with Gasteiger partial charge in [-0.25, -0.2) is 9.55 Å². The van der Waals surface area contributed by atoms with Gasteiger partial charge in [-0.3, -0.25) is 9.51 Å². The summed E-state index contributed by atoms with van der Waals surface area (Å²) in [6.45, 7) is 5.58. The fourth-order valence-corrected chi connectivity index (χ4v) is 4.22. The Hall–Kier alpha value is -2.37. The number of nitrogens with zero attached hydrogens (tertiary/aromatic N) is 2. The Morgan fingerprint density at radius 1 is 1.31 bits per heavy atom. The van der Waals surface area contributed by atoms with Crippen molar-refractivity contribution in [2.75, 3.05) is 13.7 Å². The number of hydrogen-bond acceptors (Lipinski definition) is 7. The lowest BCUT2D eigenvalue weighted by atomic mass is 10.1. The van der Waals surface area contributed by atoms with Crippen LogP contribution in [0.2, 0.25) is 0 Å². The molecule has 1 heterocycles. The van der Waals surface area contributed by atoms with E-state index in [0.717, 1.165) is 0 Å². The second kappa shape index (κ2) is 8.83. The van der Waals surface area contributed by atoms with E-state index in [4.69, 9.17) is 13.8 Å². The summed E-state index contributed by atoms with van der Waals surface area (Å²) in [5.41, 5.74) is 1.17. The van der Waals surface area contributed by atoms with Crippen molar-refractivity contribution in [2.24, 2.45) is 0 Å². The van der Waals surface area contributed by atoms with Crippen LogP contribution in [-0.4, -0.2) is 28.8 Å². The second-order valence-corrected chi connectivity index (χ2v) is 7.31. The van der Waals surface area contributed by atoms with Gasteiger partial charge in [0.15, 0.2) is 11.5 Å². The smallest absolute Gasteiger partial charge is 0.412 e. The maximum absolute atomic E-state index is 13.6. The number of methoxy groups -OCH3 is 1. The first kappa shape index (κ1) is 19.9. The maximum atomic E-state index is 13.6. The van der Waals surface area contributed by atoms with Gasteiger partial charge in [0, 0.05) is 12.4 Å². The zero-order valence-corrected chi connectivity index (χ0v) is 16.2. The first-order valence-corrected chi connectivity index (χ1v) is 9.78. The zero-order chi connectivity index (χ0) is 19.2. The molecule has 0 bridgehead atoms. The van der Waals surface area contributed by atoms with Crippen LogP contribution in [0.5, 0.6) is 17.4 Å². The lowest BCUT2D eigenvalue weighted by Gasteiger charge is -2.22. The standard InChI is InChI=1S/C18H23N2O5P/c1-5-7-16(14-10-13(3)18(21)15(11-14)23-4)26(22,24-6-2)25-17-12-19-8-9-20-17/h7-12,21H,5-6H2,1-4H3/b16-7-. The van der Waals surface area contributed by atoms with Crippen LogP contribution < -0.4 is 9.26 Å². The molecule has 0 fully saturated rings. The van der Waals surface area contributed by atoms with Gasteiger partial charge in [0.1, 0.15) is 0 Å². The number of aryl methyl sites for hydroxylation is 1. The van der Waals surface area contributed by atoms with E-state index in [1.165, 1.54) is 25.7 Å². The minimum atomic E-state index is -3.73. The molecule has 0 radical (unpaired) electrons. The minimum Gasteiger partial charge on any atom is -0.504 e. The highest BCUT2D eigenvalue weighted by Gasteiger charge is 2.34. The van der Waals surface area contributed by atoms with Crippen LogP contribution in [-0.2, 0) is 9.09 Å². The Kier molecular flexibility index (Phi) is 6.77. The molecule has 1 unspecified atom stereocenters. The number of phenols is 1. The summed E-state index contributed by atoms with van der Waals surface area (Å²) in [6, 6.07) is 3.32. The highest BCUT2D eigenvalue weighted by Crippen LogP contribution is 2.60. The minimum absolute atomic E-state index is 0.0354. The van der Waals surface area contributed by atoms with Gasteiger partial charge >= 0.3 is 7.60 Å². The first-order chi connectivity index (χ1) is 12.4. The Labute approximate surface area is 153 Å². The van der Waals surface area contributed by atoms with Gasteiger partial charge in [-0.2, -0.15) is 0 Å². The molecule has 0 spiro atoms. The second-order valence-electron chi connectivity index (χ2n) is 5.39. The van der Waals surface area contributed by atoms with Crippen LogP contribution in [0.1, 0.15) is 31.4 Å². The summed E-state index contributed by atoms with van der Waals surface area (Å²) in [4.78, 5) is 7.94. The topological polar surface area (TPSA) is 90.8 Å². The molecule has 8 heteroatoms. The van der Waals surface area contributed by atoms with Gasteiger partial charge in [-0.05, 0) is 43.5 Å². The van der Waals surface area contributed by atoms with Gasteiger partial charge in [-0.1, -0.05) is 13.0 Å². The summed E-state index contributed by atoms with van der Waals surface area (Å²) in [7, 11) is -2.28. The molecule has 0 saturated carbocycles. The number of aromatic hydroxyl groups is 1. The molecule has 1 atom stereocenters. The number of rotatable bonds is 8. The summed E-state index contributed by atoms with van der Waals surface area (Å²) in [5.74, 6) is 0.423. The number of allylic oxidation sites excluding steroid dienone is 1. The van der Waals surface area contributed by atoms with Gasteiger partial charge in [-0.15, -0.1) is 0 Å². The van der Waals surface area contributed by atoms with Crippen molar-refractivity contribution in [3.63, 3.8) is 0 Å². The molecule has 1 aromatic heterocycles. The fourth-order valence-electron chi connectivity index (χ4n) is 2.40. The van der Waals surface area contributed by atoms with E-state index in [-0.39, 0.29) is 24.0 Å². The highest BCUT2D eigenvalue weighted by molar-refractivity contribution is 7.65. The van der Waals surface area contributed by atoms with E-state index in [1.807, 2.05) is 6.92 Å². The summed E-state index contributed by atoms with van der Waals surface area (Å²) in [5, 5.41) is 10.5. The molecule has 0 aliphatic rings. The van der Waals surface area contributed by atoms with Crippen LogP contribution >= 0.6 is 7.60 Å². The predicted octanol–water partition coefficient (Wildman–Crippen LogP) is 4.56. The van der Waals surface area contributed by atoms with Crippen molar-refractivity contribution in [1.82, 2.24) is 9.97 Å². The van der Waals surface area contributed by atoms with E-state index < -0.39 is 7.60 Å². The van der Waals surface area contributed by atoms with E-state index in [9.17, 15) is 9.67 Å². The van der Waals surface area contributed by atoms with Crippen LogP contribution in [0, 0.1) is 6.92 Å². The Morgan fingerprint density at radius 3 is 2.65 bits per heavy atom. The molecule has 140 valence electrons. The highest BCUT2D eigenvalue weighted by atomic mass is 31.2. The van der Waals surface area contributed by atoms with E-state index in [0.29, 0.717) is 22.9 Å². The molecule has 0 aliphatic heterocycles. The molecule has 1 N–H and O–H groups in total. The Bertz CT molecular complexity index is 824. The van der Waals surface area contributed by atoms with Crippen molar-refractivity contribution in [1.29, 1.82) is 0 Å². The van der Waals surface area contributed by atoms with Crippen LogP contribution in [0.25, 0.3) is 5.31 Å². The van der Waals surface area contributed by atoms with Crippen LogP contribution in [0.15, 0.2) is 36.8 Å². The van der Waals surface area contributed by atoms with Crippen molar-refractivity contribution < 1.29 is 23.5 Å². The van der Waals surface area contributed by atoms with Gasteiger partial charge < -0.3 is 14.4 Å². The Morgan fingerprint density at radius 2 is 2.08 bits per heavy atom. The number of aromatic nitrogens is 2.